The predicted octanol–water partition coefficient (Wildman–Crippen LogP) is 3.39. The van der Waals surface area contributed by atoms with E-state index < -0.39 is 0 Å². The first kappa shape index (κ1) is 13.4. The third kappa shape index (κ3) is 3.50. The second-order valence-corrected chi connectivity index (χ2v) is 5.45. The molecule has 1 aliphatic heterocycles. The predicted molar refractivity (Wildman–Crippen MR) is 80.0 cm³/mol. The first-order valence-electron chi connectivity index (χ1n) is 6.84. The van der Waals surface area contributed by atoms with Crippen molar-refractivity contribution in [2.24, 2.45) is 0 Å². The van der Waals surface area contributed by atoms with Gasteiger partial charge in [-0.15, -0.1) is 0 Å². The fourth-order valence-electron chi connectivity index (χ4n) is 2.53. The maximum atomic E-state index is 5.96. The summed E-state index contributed by atoms with van der Waals surface area (Å²) in [6, 6.07) is 14.2. The number of hydrogen-bond donors (Lipinski definition) is 0. The number of likely N-dealkylation sites (tertiary alicyclic amines) is 1. The molecule has 1 atom stereocenters. The van der Waals surface area contributed by atoms with Gasteiger partial charge in [0, 0.05) is 31.9 Å². The second-order valence-electron chi connectivity index (χ2n) is 5.06. The van der Waals surface area contributed by atoms with Gasteiger partial charge in [0.15, 0.2) is 0 Å². The number of benzene rings is 1. The fraction of sp³-hybridized carbons (Fsp3) is 0.312. The number of aromatic nitrogens is 1. The summed E-state index contributed by atoms with van der Waals surface area (Å²) < 4.78 is 5.96. The Kier molecular flexibility index (Phi) is 4.19. The highest BCUT2D eigenvalue weighted by molar-refractivity contribution is 6.29. The number of pyridine rings is 1. The Bertz CT molecular complexity index is 561. The van der Waals surface area contributed by atoms with Crippen LogP contribution in [0.2, 0.25) is 5.15 Å². The van der Waals surface area contributed by atoms with Crippen LogP contribution in [0.5, 0.6) is 5.75 Å². The minimum absolute atomic E-state index is 0.233. The summed E-state index contributed by atoms with van der Waals surface area (Å²) in [5.74, 6) is 0.802. The molecule has 104 valence electrons. The zero-order valence-corrected chi connectivity index (χ0v) is 12.0. The molecule has 3 rings (SSSR count). The van der Waals surface area contributed by atoms with Crippen molar-refractivity contribution < 1.29 is 4.74 Å². The average molecular weight is 289 g/mol. The van der Waals surface area contributed by atoms with Crippen LogP contribution in [0.25, 0.3) is 0 Å². The number of halogens is 1. The van der Waals surface area contributed by atoms with Gasteiger partial charge in [0.05, 0.1) is 0 Å². The van der Waals surface area contributed by atoms with E-state index in [0.29, 0.717) is 5.15 Å². The van der Waals surface area contributed by atoms with Crippen molar-refractivity contribution >= 4 is 11.6 Å². The molecule has 0 spiro atoms. The molecule has 1 aromatic carbocycles. The molecular weight excluding hydrogens is 272 g/mol. The zero-order valence-electron chi connectivity index (χ0n) is 11.2. The van der Waals surface area contributed by atoms with Crippen LogP contribution in [0.4, 0.5) is 0 Å². The first-order chi connectivity index (χ1) is 9.79. The minimum Gasteiger partial charge on any atom is -0.489 e. The van der Waals surface area contributed by atoms with Crippen molar-refractivity contribution in [1.29, 1.82) is 0 Å². The van der Waals surface area contributed by atoms with Gasteiger partial charge in [-0.1, -0.05) is 41.9 Å². The quantitative estimate of drug-likeness (QED) is 0.807. The molecule has 3 nitrogen and oxygen atoms in total. The summed E-state index contributed by atoms with van der Waals surface area (Å²) in [6.07, 6.45) is 2.96. The van der Waals surface area contributed by atoms with E-state index in [1.54, 1.807) is 12.3 Å². The Morgan fingerprint density at radius 1 is 1.25 bits per heavy atom. The van der Waals surface area contributed by atoms with Crippen molar-refractivity contribution in [3.63, 3.8) is 0 Å². The highest BCUT2D eigenvalue weighted by Crippen LogP contribution is 2.21. The molecule has 0 aliphatic carbocycles. The summed E-state index contributed by atoms with van der Waals surface area (Å²) >= 11 is 5.86. The number of ether oxygens (including phenoxy) is 1. The molecule has 2 heterocycles. The lowest BCUT2D eigenvalue weighted by Gasteiger charge is -2.17. The Balaban J connectivity index is 1.54. The maximum Gasteiger partial charge on any atom is 0.132 e. The molecule has 1 unspecified atom stereocenters. The summed E-state index contributed by atoms with van der Waals surface area (Å²) in [4.78, 5) is 6.38. The van der Waals surface area contributed by atoms with Crippen LogP contribution >= 0.6 is 11.6 Å². The van der Waals surface area contributed by atoms with Crippen LogP contribution in [0.15, 0.2) is 48.7 Å². The molecule has 0 radical (unpaired) electrons. The summed E-state index contributed by atoms with van der Waals surface area (Å²) in [5.41, 5.74) is 1.35. The highest BCUT2D eigenvalue weighted by Gasteiger charge is 2.23. The fourth-order valence-corrected chi connectivity index (χ4v) is 2.69. The van der Waals surface area contributed by atoms with Gasteiger partial charge < -0.3 is 4.74 Å². The molecule has 1 aromatic heterocycles. The number of nitrogens with zero attached hydrogens (tertiary/aromatic N) is 2. The van der Waals surface area contributed by atoms with Crippen molar-refractivity contribution in [3.8, 4) is 5.75 Å². The molecule has 0 N–H and O–H groups in total. The van der Waals surface area contributed by atoms with Crippen molar-refractivity contribution in [1.82, 2.24) is 9.88 Å². The lowest BCUT2D eigenvalue weighted by Crippen LogP contribution is -2.24. The third-order valence-electron chi connectivity index (χ3n) is 3.48. The van der Waals surface area contributed by atoms with Crippen LogP contribution in [-0.2, 0) is 6.54 Å². The zero-order chi connectivity index (χ0) is 13.8. The van der Waals surface area contributed by atoms with Gasteiger partial charge >= 0.3 is 0 Å². The van der Waals surface area contributed by atoms with Gasteiger partial charge in [0.25, 0.3) is 0 Å². The van der Waals surface area contributed by atoms with E-state index in [2.05, 4.69) is 34.1 Å². The van der Waals surface area contributed by atoms with Gasteiger partial charge in [-0.2, -0.15) is 0 Å². The minimum atomic E-state index is 0.233. The van der Waals surface area contributed by atoms with Crippen molar-refractivity contribution in [3.05, 3.63) is 59.4 Å². The van der Waals surface area contributed by atoms with Gasteiger partial charge in [0.1, 0.15) is 17.0 Å². The number of rotatable bonds is 4. The van der Waals surface area contributed by atoms with E-state index in [-0.39, 0.29) is 6.10 Å². The smallest absolute Gasteiger partial charge is 0.132 e. The van der Waals surface area contributed by atoms with Crippen LogP contribution in [0.1, 0.15) is 12.0 Å². The lowest BCUT2D eigenvalue weighted by molar-refractivity contribution is 0.198. The standard InChI is InChI=1S/C16H17ClN2O/c17-16-10-14(6-8-18-16)20-15-7-9-19(12-15)11-13-4-2-1-3-5-13/h1-6,8,10,15H,7,9,11-12H2. The van der Waals surface area contributed by atoms with E-state index in [0.717, 1.165) is 31.8 Å². The average Bonchev–Trinajstić information content (AvgIpc) is 2.87. The normalized spacial score (nSPS) is 19.1. The summed E-state index contributed by atoms with van der Waals surface area (Å²) in [7, 11) is 0. The van der Waals surface area contributed by atoms with Crippen LogP contribution in [0.3, 0.4) is 0 Å². The topological polar surface area (TPSA) is 25.4 Å². The largest absolute Gasteiger partial charge is 0.489 e. The molecule has 1 saturated heterocycles. The molecule has 20 heavy (non-hydrogen) atoms. The Hall–Kier alpha value is -1.58. The molecule has 0 saturated carbocycles. The molecule has 0 amide bonds. The van der Waals surface area contributed by atoms with E-state index in [1.807, 2.05) is 12.1 Å². The first-order valence-corrected chi connectivity index (χ1v) is 7.22. The molecule has 4 heteroatoms. The molecule has 2 aromatic rings. The van der Waals surface area contributed by atoms with Gasteiger partial charge in [-0.3, -0.25) is 4.90 Å². The Labute approximate surface area is 124 Å². The van der Waals surface area contributed by atoms with Crippen molar-refractivity contribution in [2.45, 2.75) is 19.1 Å². The van der Waals surface area contributed by atoms with E-state index >= 15 is 0 Å². The molecule has 0 bridgehead atoms. The van der Waals surface area contributed by atoms with Crippen LogP contribution in [-0.4, -0.2) is 29.1 Å². The number of hydrogen-bond acceptors (Lipinski definition) is 3. The third-order valence-corrected chi connectivity index (χ3v) is 3.69. The molecule has 1 aliphatic rings. The Morgan fingerprint density at radius 3 is 2.90 bits per heavy atom. The maximum absolute atomic E-state index is 5.96. The second kappa shape index (κ2) is 6.25. The van der Waals surface area contributed by atoms with E-state index in [1.165, 1.54) is 5.56 Å². The van der Waals surface area contributed by atoms with E-state index in [4.69, 9.17) is 16.3 Å². The monoisotopic (exact) mass is 288 g/mol. The lowest BCUT2D eigenvalue weighted by atomic mass is 10.2. The molecule has 1 fully saturated rings. The van der Waals surface area contributed by atoms with Crippen LogP contribution < -0.4 is 4.74 Å². The van der Waals surface area contributed by atoms with Crippen molar-refractivity contribution in [2.75, 3.05) is 13.1 Å². The van der Waals surface area contributed by atoms with Gasteiger partial charge in [-0.25, -0.2) is 4.98 Å². The summed E-state index contributed by atoms with van der Waals surface area (Å²) in [5, 5.41) is 0.474. The van der Waals surface area contributed by atoms with Crippen LogP contribution in [0, 0.1) is 0 Å². The highest BCUT2D eigenvalue weighted by atomic mass is 35.5. The Morgan fingerprint density at radius 2 is 2.10 bits per heavy atom. The van der Waals surface area contributed by atoms with Gasteiger partial charge in [-0.05, 0) is 18.1 Å². The summed E-state index contributed by atoms with van der Waals surface area (Å²) in [6.45, 7) is 3.00. The SMILES string of the molecule is Clc1cc(OC2CCN(Cc3ccccc3)C2)ccn1. The van der Waals surface area contributed by atoms with Gasteiger partial charge in [0.2, 0.25) is 0 Å². The van der Waals surface area contributed by atoms with E-state index in [9.17, 15) is 0 Å². The molecular formula is C16H17ClN2O.